The number of anilines is 1. The molecule has 1 heterocycles. The number of ketones is 1. The summed E-state index contributed by atoms with van der Waals surface area (Å²) in [5.74, 6) is 4.93. The van der Waals surface area contributed by atoms with Gasteiger partial charge < -0.3 is 10.0 Å². The molecule has 1 aliphatic rings. The summed E-state index contributed by atoms with van der Waals surface area (Å²) in [6.45, 7) is 6.68. The molecule has 2 N–H and O–H groups in total. The molecule has 39 heavy (non-hydrogen) atoms. The van der Waals surface area contributed by atoms with Crippen molar-refractivity contribution in [2.75, 3.05) is 31.1 Å². The summed E-state index contributed by atoms with van der Waals surface area (Å²) in [6, 6.07) is 18.3. The molecule has 0 radical (unpaired) electrons. The van der Waals surface area contributed by atoms with Gasteiger partial charge in [0.1, 0.15) is 6.04 Å². The number of aliphatic carboxylic acids is 1. The third-order valence-corrected chi connectivity index (χ3v) is 8.47. The molecule has 1 fully saturated rings. The van der Waals surface area contributed by atoms with Crippen molar-refractivity contribution in [3.05, 3.63) is 77.4 Å². The number of fused-ring (bicyclic) bond motifs is 1. The average Bonchev–Trinajstić information content (AvgIpc) is 2.94. The molecule has 0 amide bonds. The highest BCUT2D eigenvalue weighted by Gasteiger charge is 2.32. The van der Waals surface area contributed by atoms with Crippen LogP contribution in [0, 0.1) is 17.8 Å². The predicted molar refractivity (Wildman–Crippen MR) is 153 cm³/mol. The summed E-state index contributed by atoms with van der Waals surface area (Å²) in [4.78, 5) is 25.9. The van der Waals surface area contributed by atoms with Crippen LogP contribution in [-0.4, -0.2) is 61.8 Å². The molecule has 0 bridgehead atoms. The van der Waals surface area contributed by atoms with E-state index in [4.69, 9.17) is 0 Å². The van der Waals surface area contributed by atoms with Gasteiger partial charge >= 0.3 is 5.97 Å². The van der Waals surface area contributed by atoms with Crippen molar-refractivity contribution in [3.63, 3.8) is 0 Å². The summed E-state index contributed by atoms with van der Waals surface area (Å²) in [5, 5.41) is 11.2. The van der Waals surface area contributed by atoms with E-state index in [1.165, 1.54) is 4.31 Å². The second kappa shape index (κ2) is 12.0. The number of hydrogen-bond acceptors (Lipinski definition) is 5. The molecule has 0 aromatic heterocycles. The second-order valence-corrected chi connectivity index (χ2v) is 11.6. The molecule has 0 spiro atoms. The van der Waals surface area contributed by atoms with Crippen molar-refractivity contribution in [1.82, 2.24) is 9.03 Å². The maximum absolute atomic E-state index is 12.7. The number of carboxylic acid groups (broad SMARTS) is 1. The van der Waals surface area contributed by atoms with Crippen molar-refractivity contribution < 1.29 is 23.1 Å². The number of hydrogen-bond donors (Lipinski definition) is 2. The van der Waals surface area contributed by atoms with E-state index in [0.717, 1.165) is 27.6 Å². The lowest BCUT2D eigenvalue weighted by Crippen LogP contribution is -2.55. The molecule has 9 heteroatoms. The SMILES string of the molecule is CCC(=O)c1cccc2ccc(C#Cc3ccc(N4CCN(S(=O)(=O)N[C@@H](C(=O)O)C(C)C)CC4)cc3)cc12. The van der Waals surface area contributed by atoms with Crippen molar-refractivity contribution in [1.29, 1.82) is 0 Å². The van der Waals surface area contributed by atoms with Gasteiger partial charge in [0, 0.05) is 55.0 Å². The fourth-order valence-electron chi connectivity index (χ4n) is 4.58. The minimum Gasteiger partial charge on any atom is -0.480 e. The Morgan fingerprint density at radius 2 is 1.59 bits per heavy atom. The van der Waals surface area contributed by atoms with Crippen LogP contribution in [-0.2, 0) is 15.0 Å². The maximum atomic E-state index is 12.7. The predicted octanol–water partition coefficient (Wildman–Crippen LogP) is 3.90. The van der Waals surface area contributed by atoms with Crippen molar-refractivity contribution in [2.24, 2.45) is 5.92 Å². The minimum atomic E-state index is -3.90. The number of rotatable bonds is 8. The van der Waals surface area contributed by atoms with E-state index < -0.39 is 22.2 Å². The zero-order chi connectivity index (χ0) is 28.2. The fourth-order valence-corrected chi connectivity index (χ4v) is 6.06. The van der Waals surface area contributed by atoms with Crippen LogP contribution in [0.15, 0.2) is 60.7 Å². The maximum Gasteiger partial charge on any atom is 0.322 e. The summed E-state index contributed by atoms with van der Waals surface area (Å²) < 4.78 is 29.1. The Morgan fingerprint density at radius 1 is 0.949 bits per heavy atom. The largest absolute Gasteiger partial charge is 0.480 e. The molecule has 1 aliphatic heterocycles. The van der Waals surface area contributed by atoms with E-state index in [0.29, 0.717) is 25.1 Å². The van der Waals surface area contributed by atoms with Gasteiger partial charge in [-0.3, -0.25) is 9.59 Å². The molecular formula is C30H33N3O5S. The quantitative estimate of drug-likeness (QED) is 0.327. The zero-order valence-corrected chi connectivity index (χ0v) is 23.2. The fraction of sp³-hybridized carbons (Fsp3) is 0.333. The van der Waals surface area contributed by atoms with Crippen LogP contribution < -0.4 is 9.62 Å². The Bertz CT molecular complexity index is 1530. The highest BCUT2D eigenvalue weighted by atomic mass is 32.2. The third kappa shape index (κ3) is 6.66. The van der Waals surface area contributed by atoms with E-state index >= 15 is 0 Å². The molecule has 0 saturated carbocycles. The van der Waals surface area contributed by atoms with Gasteiger partial charge in [0.05, 0.1) is 0 Å². The van der Waals surface area contributed by atoms with Gasteiger partial charge in [-0.25, -0.2) is 0 Å². The number of nitrogens with one attached hydrogen (secondary N) is 1. The Kier molecular flexibility index (Phi) is 8.70. The Hall–Kier alpha value is -3.71. The Balaban J connectivity index is 1.41. The zero-order valence-electron chi connectivity index (χ0n) is 22.3. The van der Waals surface area contributed by atoms with Crippen molar-refractivity contribution in [2.45, 2.75) is 33.2 Å². The first-order chi connectivity index (χ1) is 18.6. The number of carbonyl (C=O) groups is 2. The number of piperazine rings is 1. The highest BCUT2D eigenvalue weighted by molar-refractivity contribution is 7.87. The average molecular weight is 548 g/mol. The molecule has 204 valence electrons. The van der Waals surface area contributed by atoms with E-state index in [-0.39, 0.29) is 24.8 Å². The normalized spacial score (nSPS) is 15.1. The molecule has 1 atom stereocenters. The standard InChI is InChI=1S/C30H33N3O5S/c1-4-28(34)26-7-5-6-24-13-10-23(20-27(24)26)9-8-22-11-14-25(15-12-22)32-16-18-33(19-17-32)39(37,38)31-29(21(2)3)30(35)36/h5-7,10-15,20-21,29,31H,4,16-19H2,1-3H3,(H,35,36)/t29-/m1/s1. The van der Waals surface area contributed by atoms with Crippen LogP contribution in [0.3, 0.4) is 0 Å². The van der Waals surface area contributed by atoms with Crippen LogP contribution in [0.25, 0.3) is 10.8 Å². The number of benzene rings is 3. The molecule has 1 saturated heterocycles. The number of Topliss-reactive ketones (excluding diaryl/α,β-unsaturated/α-hetero) is 1. The van der Waals surface area contributed by atoms with Crippen LogP contribution in [0.1, 0.15) is 48.7 Å². The lowest BCUT2D eigenvalue weighted by molar-refractivity contribution is -0.140. The first-order valence-corrected chi connectivity index (χ1v) is 14.5. The number of nitrogens with zero attached hydrogens (tertiary/aromatic N) is 2. The minimum absolute atomic E-state index is 0.107. The Morgan fingerprint density at radius 3 is 2.21 bits per heavy atom. The van der Waals surface area contributed by atoms with E-state index in [9.17, 15) is 23.1 Å². The van der Waals surface area contributed by atoms with Crippen molar-refractivity contribution in [3.8, 4) is 11.8 Å². The monoisotopic (exact) mass is 547 g/mol. The van der Waals surface area contributed by atoms with Crippen LogP contribution in [0.5, 0.6) is 0 Å². The van der Waals surface area contributed by atoms with Gasteiger partial charge in [0.25, 0.3) is 10.2 Å². The number of carboxylic acids is 1. The third-order valence-electron chi connectivity index (χ3n) is 6.87. The highest BCUT2D eigenvalue weighted by Crippen LogP contribution is 2.22. The van der Waals surface area contributed by atoms with Gasteiger partial charge in [-0.1, -0.05) is 56.9 Å². The van der Waals surface area contributed by atoms with E-state index in [1.54, 1.807) is 13.8 Å². The smallest absolute Gasteiger partial charge is 0.322 e. The Labute approximate surface area is 229 Å². The van der Waals surface area contributed by atoms with Crippen LogP contribution in [0.2, 0.25) is 0 Å². The van der Waals surface area contributed by atoms with Crippen LogP contribution in [0.4, 0.5) is 5.69 Å². The second-order valence-electron chi connectivity index (χ2n) is 9.88. The van der Waals surface area contributed by atoms with Crippen molar-refractivity contribution >= 4 is 38.4 Å². The lowest BCUT2D eigenvalue weighted by atomic mass is 9.98. The first kappa shape index (κ1) is 28.3. The molecule has 3 aromatic rings. The summed E-state index contributed by atoms with van der Waals surface area (Å²) in [7, 11) is -3.90. The summed E-state index contributed by atoms with van der Waals surface area (Å²) in [5.41, 5.74) is 3.35. The molecular weight excluding hydrogens is 514 g/mol. The number of carbonyl (C=O) groups excluding carboxylic acids is 1. The van der Waals surface area contributed by atoms with E-state index in [2.05, 4.69) is 21.5 Å². The summed E-state index contributed by atoms with van der Waals surface area (Å²) >= 11 is 0. The van der Waals surface area contributed by atoms with Crippen LogP contribution >= 0.6 is 0 Å². The van der Waals surface area contributed by atoms with Gasteiger partial charge in [-0.2, -0.15) is 17.4 Å². The van der Waals surface area contributed by atoms with E-state index in [1.807, 2.05) is 67.6 Å². The molecule has 0 unspecified atom stereocenters. The van der Waals surface area contributed by atoms with Gasteiger partial charge in [0.2, 0.25) is 0 Å². The molecule has 3 aromatic carbocycles. The first-order valence-electron chi connectivity index (χ1n) is 13.0. The molecule has 8 nitrogen and oxygen atoms in total. The molecule has 0 aliphatic carbocycles. The van der Waals surface area contributed by atoms with Gasteiger partial charge in [0.15, 0.2) is 5.78 Å². The lowest BCUT2D eigenvalue weighted by Gasteiger charge is -2.36. The molecule has 4 rings (SSSR count). The topological polar surface area (TPSA) is 107 Å². The van der Waals surface area contributed by atoms with Gasteiger partial charge in [-0.05, 0) is 53.1 Å². The van der Waals surface area contributed by atoms with Gasteiger partial charge in [-0.15, -0.1) is 0 Å². The summed E-state index contributed by atoms with van der Waals surface area (Å²) in [6.07, 6.45) is 0.451.